The second-order valence-corrected chi connectivity index (χ2v) is 10.2. The Labute approximate surface area is 193 Å². The molecule has 0 aliphatic heterocycles. The first-order chi connectivity index (χ1) is 15.2. The molecule has 7 nitrogen and oxygen atoms in total. The second kappa shape index (κ2) is 10.3. The molecule has 0 saturated heterocycles. The number of hydrogen-bond donors (Lipinski definition) is 2. The number of halogens is 1. The van der Waals surface area contributed by atoms with E-state index < -0.39 is 39.7 Å². The summed E-state index contributed by atoms with van der Waals surface area (Å²) in [6.45, 7) is 8.32. The average molecular weight is 478 g/mol. The zero-order chi connectivity index (χ0) is 25.0. The monoisotopic (exact) mass is 477 g/mol. The molecule has 2 aromatic carbocycles. The molecule has 2 N–H and O–H groups in total. The highest BCUT2D eigenvalue weighted by Gasteiger charge is 2.25. The molecule has 0 aliphatic carbocycles. The fourth-order valence-corrected chi connectivity index (χ4v) is 4.58. The fraction of sp³-hybridized carbons (Fsp3) is 0.333. The lowest BCUT2D eigenvalue weighted by Gasteiger charge is -2.20. The summed E-state index contributed by atoms with van der Waals surface area (Å²) in [4.78, 5) is 24.2. The van der Waals surface area contributed by atoms with Crippen molar-refractivity contribution in [3.63, 3.8) is 0 Å². The number of benzene rings is 2. The minimum atomic E-state index is -3.81. The van der Waals surface area contributed by atoms with Gasteiger partial charge >= 0.3 is 11.9 Å². The number of sulfonamides is 1. The van der Waals surface area contributed by atoms with Gasteiger partial charge in [0.25, 0.3) is 0 Å². The zero-order valence-electron chi connectivity index (χ0n) is 19.2. The Morgan fingerprint density at radius 1 is 1.06 bits per heavy atom. The predicted octanol–water partition coefficient (Wildman–Crippen LogP) is 4.05. The van der Waals surface area contributed by atoms with Crippen molar-refractivity contribution in [1.29, 1.82) is 0 Å². The fourth-order valence-electron chi connectivity index (χ4n) is 3.16. The highest BCUT2D eigenvalue weighted by Crippen LogP contribution is 2.31. The smallest absolute Gasteiger partial charge is 0.335 e. The molecule has 0 aliphatic rings. The van der Waals surface area contributed by atoms with Crippen LogP contribution in [-0.4, -0.2) is 37.6 Å². The van der Waals surface area contributed by atoms with Crippen LogP contribution in [0.2, 0.25) is 0 Å². The van der Waals surface area contributed by atoms with Gasteiger partial charge in [-0.3, -0.25) is 4.79 Å². The number of carboxylic acid groups (broad SMARTS) is 1. The highest BCUT2D eigenvalue weighted by atomic mass is 32.2. The van der Waals surface area contributed by atoms with Crippen LogP contribution in [0.1, 0.15) is 50.8 Å². The van der Waals surface area contributed by atoms with Gasteiger partial charge in [-0.1, -0.05) is 24.3 Å². The molecule has 0 fully saturated rings. The van der Waals surface area contributed by atoms with Crippen molar-refractivity contribution in [3.05, 3.63) is 70.5 Å². The molecule has 2 aromatic rings. The van der Waals surface area contributed by atoms with Gasteiger partial charge in [-0.15, -0.1) is 0 Å². The second-order valence-electron chi connectivity index (χ2n) is 8.49. The van der Waals surface area contributed by atoms with Crippen molar-refractivity contribution in [2.24, 2.45) is 0 Å². The SMILES string of the molecule is CCOC(=O)/C(CC(=O)O)=C(/c1ccc(S(=O)(=O)NC(C)(C)C)cc1)c1ccc(C)c(F)c1. The summed E-state index contributed by atoms with van der Waals surface area (Å²) < 4.78 is 47.2. The number of rotatable bonds is 8. The van der Waals surface area contributed by atoms with Crippen LogP contribution in [0.5, 0.6) is 0 Å². The lowest BCUT2D eigenvalue weighted by Crippen LogP contribution is -2.40. The predicted molar refractivity (Wildman–Crippen MR) is 123 cm³/mol. The molecule has 33 heavy (non-hydrogen) atoms. The maximum Gasteiger partial charge on any atom is 0.335 e. The molecule has 0 spiro atoms. The van der Waals surface area contributed by atoms with Crippen LogP contribution in [0.4, 0.5) is 4.39 Å². The summed E-state index contributed by atoms with van der Waals surface area (Å²) in [6.07, 6.45) is -0.657. The average Bonchev–Trinajstić information content (AvgIpc) is 2.68. The van der Waals surface area contributed by atoms with E-state index >= 15 is 0 Å². The van der Waals surface area contributed by atoms with E-state index in [1.165, 1.54) is 36.4 Å². The van der Waals surface area contributed by atoms with Crippen LogP contribution in [-0.2, 0) is 24.3 Å². The number of ether oxygens (including phenoxy) is 1. The third-order valence-corrected chi connectivity index (χ3v) is 6.28. The van der Waals surface area contributed by atoms with Crippen LogP contribution in [0, 0.1) is 12.7 Å². The van der Waals surface area contributed by atoms with Gasteiger partial charge in [-0.2, -0.15) is 0 Å². The lowest BCUT2D eigenvalue weighted by molar-refractivity contribution is -0.142. The summed E-state index contributed by atoms with van der Waals surface area (Å²) in [5.74, 6) is -2.64. The van der Waals surface area contributed by atoms with E-state index in [4.69, 9.17) is 4.74 Å². The Hall–Kier alpha value is -3.04. The Kier molecular flexibility index (Phi) is 8.16. The zero-order valence-corrected chi connectivity index (χ0v) is 20.0. The van der Waals surface area contributed by atoms with E-state index in [0.717, 1.165) is 0 Å². The molecule has 2 rings (SSSR count). The lowest BCUT2D eigenvalue weighted by atomic mass is 9.91. The van der Waals surface area contributed by atoms with Gasteiger partial charge in [0.1, 0.15) is 5.82 Å². The molecule has 9 heteroatoms. The summed E-state index contributed by atoms with van der Waals surface area (Å²) in [5.41, 5.74) is 0.283. The topological polar surface area (TPSA) is 110 Å². The Bertz CT molecular complexity index is 1180. The highest BCUT2D eigenvalue weighted by molar-refractivity contribution is 7.89. The first-order valence-electron chi connectivity index (χ1n) is 10.3. The normalized spacial score (nSPS) is 12.8. The molecule has 0 amide bonds. The van der Waals surface area contributed by atoms with E-state index in [2.05, 4.69) is 4.72 Å². The minimum absolute atomic E-state index is 0.00784. The summed E-state index contributed by atoms with van der Waals surface area (Å²) in [7, 11) is -3.81. The van der Waals surface area contributed by atoms with Crippen molar-refractivity contribution >= 4 is 27.5 Å². The molecule has 0 radical (unpaired) electrons. The number of carbonyl (C=O) groups excluding carboxylic acids is 1. The molecule has 0 saturated carbocycles. The van der Waals surface area contributed by atoms with Crippen LogP contribution >= 0.6 is 0 Å². The van der Waals surface area contributed by atoms with Crippen LogP contribution in [0.3, 0.4) is 0 Å². The standard InChI is InChI=1S/C24H28FNO6S/c1-6-32-23(29)19(14-21(27)28)22(17-8-7-15(2)20(25)13-17)16-9-11-18(12-10-16)33(30,31)26-24(3,4)5/h7-13,26H,6,14H2,1-5H3,(H,27,28)/b22-19-. The maximum absolute atomic E-state index is 14.4. The Morgan fingerprint density at radius 2 is 1.64 bits per heavy atom. The van der Waals surface area contributed by atoms with Gasteiger partial charge in [-0.05, 0) is 69.5 Å². The number of carboxylic acids is 1. The number of aryl methyl sites for hydroxylation is 1. The molecule has 0 bridgehead atoms. The van der Waals surface area contributed by atoms with Gasteiger partial charge in [0.05, 0.1) is 23.5 Å². The van der Waals surface area contributed by atoms with Crippen molar-refractivity contribution in [1.82, 2.24) is 4.72 Å². The van der Waals surface area contributed by atoms with Gasteiger partial charge in [0.2, 0.25) is 10.0 Å². The van der Waals surface area contributed by atoms with Gasteiger partial charge in [0.15, 0.2) is 0 Å². The van der Waals surface area contributed by atoms with E-state index in [-0.39, 0.29) is 28.2 Å². The van der Waals surface area contributed by atoms with Crippen molar-refractivity contribution in [3.8, 4) is 0 Å². The van der Waals surface area contributed by atoms with E-state index in [1.54, 1.807) is 40.7 Å². The van der Waals surface area contributed by atoms with Crippen molar-refractivity contribution in [2.45, 2.75) is 51.5 Å². The summed E-state index contributed by atoms with van der Waals surface area (Å²) in [6, 6.07) is 9.88. The molecular weight excluding hydrogens is 449 g/mol. The molecule has 0 atom stereocenters. The molecule has 0 aromatic heterocycles. The quantitative estimate of drug-likeness (QED) is 0.438. The van der Waals surface area contributed by atoms with Crippen LogP contribution in [0.15, 0.2) is 52.9 Å². The first kappa shape index (κ1) is 26.2. The number of carbonyl (C=O) groups is 2. The first-order valence-corrected chi connectivity index (χ1v) is 11.8. The third kappa shape index (κ3) is 6.97. The Morgan fingerprint density at radius 3 is 2.12 bits per heavy atom. The van der Waals surface area contributed by atoms with Crippen LogP contribution < -0.4 is 4.72 Å². The molecule has 178 valence electrons. The van der Waals surface area contributed by atoms with Crippen LogP contribution in [0.25, 0.3) is 5.57 Å². The van der Waals surface area contributed by atoms with E-state index in [0.29, 0.717) is 11.1 Å². The summed E-state index contributed by atoms with van der Waals surface area (Å²) >= 11 is 0. The minimum Gasteiger partial charge on any atom is -0.481 e. The van der Waals surface area contributed by atoms with E-state index in [1.807, 2.05) is 0 Å². The van der Waals surface area contributed by atoms with Crippen molar-refractivity contribution in [2.75, 3.05) is 6.61 Å². The molecule has 0 unspecified atom stereocenters. The third-order valence-electron chi connectivity index (χ3n) is 4.51. The van der Waals surface area contributed by atoms with Crippen molar-refractivity contribution < 1.29 is 32.2 Å². The summed E-state index contributed by atoms with van der Waals surface area (Å²) in [5, 5.41) is 9.40. The number of nitrogens with one attached hydrogen (secondary N) is 1. The molecular formula is C24H28FNO6S. The maximum atomic E-state index is 14.4. The number of esters is 1. The van der Waals surface area contributed by atoms with E-state index in [9.17, 15) is 27.5 Å². The Balaban J connectivity index is 2.73. The number of aliphatic carboxylic acids is 1. The largest absolute Gasteiger partial charge is 0.481 e. The number of hydrogen-bond acceptors (Lipinski definition) is 5. The molecule has 0 heterocycles. The van der Waals surface area contributed by atoms with Gasteiger partial charge < -0.3 is 9.84 Å². The van der Waals surface area contributed by atoms with Gasteiger partial charge in [-0.25, -0.2) is 22.3 Å². The van der Waals surface area contributed by atoms with Gasteiger partial charge in [0, 0.05) is 11.1 Å².